The standard InChI is InChI=1S/C18H29NOS/c1-13-6-5-7-17(12-13)21-14(2)18(19-3)15-8-10-16(20-4)11-9-15/h8-11,13-14,17-19H,5-7,12H2,1-4H3. The van der Waals surface area contributed by atoms with Crippen LogP contribution in [0.1, 0.15) is 51.1 Å². The van der Waals surface area contributed by atoms with Crippen molar-refractivity contribution in [2.45, 2.75) is 56.1 Å². The summed E-state index contributed by atoms with van der Waals surface area (Å²) >= 11 is 2.17. The average molecular weight is 308 g/mol. The Bertz CT molecular complexity index is 420. The molecule has 1 aromatic carbocycles. The van der Waals surface area contributed by atoms with Crippen molar-refractivity contribution in [1.29, 1.82) is 0 Å². The Hall–Kier alpha value is -0.670. The number of rotatable bonds is 6. The molecule has 1 aliphatic rings. The van der Waals surface area contributed by atoms with E-state index in [1.54, 1.807) is 7.11 Å². The van der Waals surface area contributed by atoms with Crippen LogP contribution in [0.5, 0.6) is 5.75 Å². The molecule has 1 fully saturated rings. The Labute approximate surface area is 134 Å². The second kappa shape index (κ2) is 8.09. The second-order valence-corrected chi connectivity index (χ2v) is 7.96. The van der Waals surface area contributed by atoms with Gasteiger partial charge in [-0.05, 0) is 43.5 Å². The third-order valence-corrected chi connectivity index (χ3v) is 6.07. The summed E-state index contributed by atoms with van der Waals surface area (Å²) in [5.41, 5.74) is 1.35. The number of benzene rings is 1. The average Bonchev–Trinajstić information content (AvgIpc) is 2.48. The van der Waals surface area contributed by atoms with Crippen LogP contribution < -0.4 is 10.1 Å². The van der Waals surface area contributed by atoms with Crippen molar-refractivity contribution in [3.8, 4) is 5.75 Å². The minimum Gasteiger partial charge on any atom is -0.497 e. The lowest BCUT2D eigenvalue weighted by atomic mass is 9.90. The highest BCUT2D eigenvalue weighted by molar-refractivity contribution is 8.00. The van der Waals surface area contributed by atoms with Gasteiger partial charge in [-0.2, -0.15) is 11.8 Å². The first-order valence-corrected chi connectivity index (χ1v) is 9.05. The van der Waals surface area contributed by atoms with Crippen molar-refractivity contribution >= 4 is 11.8 Å². The molecule has 1 aliphatic carbocycles. The minimum atomic E-state index is 0.401. The number of hydrogen-bond acceptors (Lipinski definition) is 3. The first kappa shape index (κ1) is 16.7. The predicted octanol–water partition coefficient (Wildman–Crippen LogP) is 4.66. The minimum absolute atomic E-state index is 0.401. The Morgan fingerprint density at radius 1 is 1.24 bits per heavy atom. The molecule has 0 bridgehead atoms. The van der Waals surface area contributed by atoms with Gasteiger partial charge in [0.2, 0.25) is 0 Å². The Morgan fingerprint density at radius 2 is 1.95 bits per heavy atom. The zero-order chi connectivity index (χ0) is 15.2. The van der Waals surface area contributed by atoms with Crippen LogP contribution in [0.15, 0.2) is 24.3 Å². The van der Waals surface area contributed by atoms with Crippen LogP contribution in [-0.4, -0.2) is 24.7 Å². The summed E-state index contributed by atoms with van der Waals surface area (Å²) in [6.07, 6.45) is 5.59. The third kappa shape index (κ3) is 4.65. The zero-order valence-corrected chi connectivity index (χ0v) is 14.6. The molecule has 0 saturated heterocycles. The third-order valence-electron chi connectivity index (χ3n) is 4.55. The fourth-order valence-corrected chi connectivity index (χ4v) is 5.17. The van der Waals surface area contributed by atoms with Crippen molar-refractivity contribution in [3.05, 3.63) is 29.8 Å². The number of hydrogen-bond donors (Lipinski definition) is 1. The molecule has 1 N–H and O–H groups in total. The van der Waals surface area contributed by atoms with E-state index < -0.39 is 0 Å². The van der Waals surface area contributed by atoms with Crippen LogP contribution in [-0.2, 0) is 0 Å². The van der Waals surface area contributed by atoms with Gasteiger partial charge in [0.1, 0.15) is 5.75 Å². The Morgan fingerprint density at radius 3 is 2.52 bits per heavy atom. The summed E-state index contributed by atoms with van der Waals surface area (Å²) in [6.45, 7) is 4.76. The summed E-state index contributed by atoms with van der Waals surface area (Å²) < 4.78 is 5.25. The number of ether oxygens (including phenoxy) is 1. The van der Waals surface area contributed by atoms with Crippen molar-refractivity contribution in [2.24, 2.45) is 5.92 Å². The molecule has 21 heavy (non-hydrogen) atoms. The molecule has 4 unspecified atom stereocenters. The van der Waals surface area contributed by atoms with Crippen LogP contribution in [0, 0.1) is 5.92 Å². The lowest BCUT2D eigenvalue weighted by molar-refractivity contribution is 0.393. The van der Waals surface area contributed by atoms with Gasteiger partial charge in [-0.1, -0.05) is 38.8 Å². The predicted molar refractivity (Wildman–Crippen MR) is 93.3 cm³/mol. The highest BCUT2D eigenvalue weighted by Crippen LogP contribution is 2.37. The van der Waals surface area contributed by atoms with E-state index >= 15 is 0 Å². The summed E-state index contributed by atoms with van der Waals surface area (Å²) in [6, 6.07) is 8.87. The van der Waals surface area contributed by atoms with Crippen molar-refractivity contribution in [2.75, 3.05) is 14.2 Å². The van der Waals surface area contributed by atoms with E-state index in [-0.39, 0.29) is 0 Å². The molecule has 3 heteroatoms. The van der Waals surface area contributed by atoms with Gasteiger partial charge >= 0.3 is 0 Å². The molecule has 0 amide bonds. The molecule has 0 aliphatic heterocycles. The maximum absolute atomic E-state index is 5.25. The number of methoxy groups -OCH3 is 1. The topological polar surface area (TPSA) is 21.3 Å². The molecular formula is C18H29NOS. The Balaban J connectivity index is 1.98. The van der Waals surface area contributed by atoms with Gasteiger partial charge in [-0.15, -0.1) is 0 Å². The summed E-state index contributed by atoms with van der Waals surface area (Å²) in [5.74, 6) is 1.83. The van der Waals surface area contributed by atoms with Gasteiger partial charge in [-0.25, -0.2) is 0 Å². The molecule has 2 nitrogen and oxygen atoms in total. The zero-order valence-electron chi connectivity index (χ0n) is 13.8. The molecule has 1 aromatic rings. The molecule has 1 saturated carbocycles. The van der Waals surface area contributed by atoms with Gasteiger partial charge in [0.05, 0.1) is 7.11 Å². The smallest absolute Gasteiger partial charge is 0.118 e. The van der Waals surface area contributed by atoms with E-state index in [0.29, 0.717) is 11.3 Å². The molecule has 0 heterocycles. The molecule has 0 radical (unpaired) electrons. The summed E-state index contributed by atoms with van der Waals surface area (Å²) in [4.78, 5) is 0. The van der Waals surface area contributed by atoms with Crippen molar-refractivity contribution in [1.82, 2.24) is 5.32 Å². The van der Waals surface area contributed by atoms with Gasteiger partial charge in [0, 0.05) is 16.5 Å². The highest BCUT2D eigenvalue weighted by Gasteiger charge is 2.25. The lowest BCUT2D eigenvalue weighted by Crippen LogP contribution is -2.28. The second-order valence-electron chi connectivity index (χ2n) is 6.27. The normalized spacial score (nSPS) is 25.3. The first-order valence-electron chi connectivity index (χ1n) is 8.10. The molecule has 2 rings (SSSR count). The van der Waals surface area contributed by atoms with Crippen LogP contribution in [0.25, 0.3) is 0 Å². The molecular weight excluding hydrogens is 278 g/mol. The first-order chi connectivity index (χ1) is 10.1. The Kier molecular flexibility index (Phi) is 6.43. The van der Waals surface area contributed by atoms with Crippen molar-refractivity contribution in [3.63, 3.8) is 0 Å². The fourth-order valence-electron chi connectivity index (χ4n) is 3.37. The molecule has 0 spiro atoms. The van der Waals surface area contributed by atoms with E-state index in [1.807, 2.05) is 0 Å². The number of thioether (sulfide) groups is 1. The van der Waals surface area contributed by atoms with Gasteiger partial charge < -0.3 is 10.1 Å². The maximum Gasteiger partial charge on any atom is 0.118 e. The van der Waals surface area contributed by atoms with E-state index in [4.69, 9.17) is 4.74 Å². The SMILES string of the molecule is CNC(c1ccc(OC)cc1)C(C)SC1CCCC(C)C1. The van der Waals surface area contributed by atoms with Gasteiger partial charge in [0.25, 0.3) is 0 Å². The summed E-state index contributed by atoms with van der Waals surface area (Å²) in [5, 5.41) is 4.91. The molecule has 0 aromatic heterocycles. The van der Waals surface area contributed by atoms with Crippen molar-refractivity contribution < 1.29 is 4.74 Å². The fraction of sp³-hybridized carbons (Fsp3) is 0.667. The largest absolute Gasteiger partial charge is 0.497 e. The van der Waals surface area contributed by atoms with E-state index in [9.17, 15) is 0 Å². The molecule has 118 valence electrons. The summed E-state index contributed by atoms with van der Waals surface area (Å²) in [7, 11) is 3.78. The molecule has 4 atom stereocenters. The maximum atomic E-state index is 5.25. The monoisotopic (exact) mass is 307 g/mol. The van der Waals surface area contributed by atoms with E-state index in [0.717, 1.165) is 16.9 Å². The van der Waals surface area contributed by atoms with Gasteiger partial charge in [-0.3, -0.25) is 0 Å². The number of nitrogens with one attached hydrogen (secondary N) is 1. The van der Waals surface area contributed by atoms with Crippen LogP contribution in [0.4, 0.5) is 0 Å². The van der Waals surface area contributed by atoms with Crippen LogP contribution in [0.3, 0.4) is 0 Å². The lowest BCUT2D eigenvalue weighted by Gasteiger charge is -2.31. The van der Waals surface area contributed by atoms with E-state index in [1.165, 1.54) is 31.2 Å². The quantitative estimate of drug-likeness (QED) is 0.826. The van der Waals surface area contributed by atoms with Gasteiger partial charge in [0.15, 0.2) is 0 Å². The van der Waals surface area contributed by atoms with E-state index in [2.05, 4.69) is 62.2 Å². The highest BCUT2D eigenvalue weighted by atomic mass is 32.2. The van der Waals surface area contributed by atoms with Crippen LogP contribution >= 0.6 is 11.8 Å². The van der Waals surface area contributed by atoms with Crippen LogP contribution in [0.2, 0.25) is 0 Å².